The highest BCUT2D eigenvalue weighted by Gasteiger charge is 2.23. The van der Waals surface area contributed by atoms with Gasteiger partial charge in [0.05, 0.1) is 28.1 Å². The molecule has 1 atom stereocenters. The number of carbonyl (C=O) groups excluding carboxylic acids is 1. The van der Waals surface area contributed by atoms with Crippen molar-refractivity contribution < 1.29 is 28.2 Å². The molecule has 0 aliphatic carbocycles. The topological polar surface area (TPSA) is 116 Å². The van der Waals surface area contributed by atoms with Gasteiger partial charge in [-0.1, -0.05) is 96.5 Å². The predicted molar refractivity (Wildman–Crippen MR) is 190 cm³/mol. The summed E-state index contributed by atoms with van der Waals surface area (Å²) in [4.78, 5) is 15.2. The molecule has 0 bridgehead atoms. The van der Waals surface area contributed by atoms with Crippen LogP contribution in [0, 0.1) is 0 Å². The molecule has 5 rings (SSSR count). The third kappa shape index (κ3) is 10.0. The third-order valence-electron chi connectivity index (χ3n) is 8.00. The summed E-state index contributed by atoms with van der Waals surface area (Å²) < 4.78 is 33.3. The average Bonchev–Trinajstić information content (AvgIpc) is 3.13. The molecule has 0 radical (unpaired) electrons. The number of hydrogen-bond acceptors (Lipinski definition) is 7. The number of hydrogen-bond donors (Lipinski definition) is 3. The van der Waals surface area contributed by atoms with Crippen molar-refractivity contribution in [2.75, 3.05) is 26.2 Å². The Hall–Kier alpha value is -4.51. The minimum absolute atomic E-state index is 0.0116. The first-order chi connectivity index (χ1) is 23.7. The standard InChI is InChI=1S/C39H39ClN2O6S/c40-33-13-7-12-32(24-33)37(44)27-42(26-30-8-3-1-4-9-30)22-20-29-14-16-34(17-15-29)49(46,47)35-18-19-38(36(25-35)39(45)41-21-23-43)48-28-31-10-5-2-6-11-31/h1-19,24-25,37,43-44H,20-23,26-28H2,(H,41,45)/t37-/m1/s1. The Morgan fingerprint density at radius 3 is 2.14 bits per heavy atom. The molecule has 0 aliphatic rings. The van der Waals surface area contributed by atoms with E-state index >= 15 is 0 Å². The van der Waals surface area contributed by atoms with Crippen LogP contribution in [0.3, 0.4) is 0 Å². The SMILES string of the molecule is O=C(NCCO)c1cc(S(=O)(=O)c2ccc(CCN(Cc3ccccc3)C[C@@H](O)c3cccc(Cl)c3)cc2)ccc1OCc1ccccc1. The Morgan fingerprint density at radius 2 is 1.47 bits per heavy atom. The number of aliphatic hydroxyl groups is 2. The quantitative estimate of drug-likeness (QED) is 0.112. The largest absolute Gasteiger partial charge is 0.488 e. The summed E-state index contributed by atoms with van der Waals surface area (Å²) in [6.07, 6.45) is -0.112. The van der Waals surface area contributed by atoms with E-state index in [1.807, 2.05) is 72.8 Å². The maximum atomic E-state index is 13.7. The third-order valence-corrected chi connectivity index (χ3v) is 10.0. The number of amides is 1. The van der Waals surface area contributed by atoms with E-state index in [0.717, 1.165) is 22.3 Å². The number of halogens is 1. The zero-order valence-electron chi connectivity index (χ0n) is 26.9. The van der Waals surface area contributed by atoms with E-state index in [4.69, 9.17) is 16.3 Å². The normalized spacial score (nSPS) is 12.1. The first-order valence-corrected chi connectivity index (χ1v) is 17.8. The summed E-state index contributed by atoms with van der Waals surface area (Å²) in [7, 11) is -3.98. The highest BCUT2D eigenvalue weighted by molar-refractivity contribution is 7.91. The number of nitrogens with zero attached hydrogens (tertiary/aromatic N) is 1. The fourth-order valence-corrected chi connectivity index (χ4v) is 6.86. The Bertz CT molecular complexity index is 1920. The van der Waals surface area contributed by atoms with Crippen LogP contribution in [-0.4, -0.2) is 55.7 Å². The molecule has 49 heavy (non-hydrogen) atoms. The molecular formula is C39H39ClN2O6S. The first-order valence-electron chi connectivity index (χ1n) is 16.0. The molecule has 0 fully saturated rings. The van der Waals surface area contributed by atoms with Crippen molar-refractivity contribution in [3.05, 3.63) is 160 Å². The van der Waals surface area contributed by atoms with Gasteiger partial charge in [-0.05, 0) is 71.1 Å². The van der Waals surface area contributed by atoms with Crippen molar-refractivity contribution in [2.24, 2.45) is 0 Å². The van der Waals surface area contributed by atoms with E-state index in [1.165, 1.54) is 18.2 Å². The van der Waals surface area contributed by atoms with E-state index in [0.29, 0.717) is 31.1 Å². The van der Waals surface area contributed by atoms with Crippen LogP contribution in [0.15, 0.2) is 137 Å². The summed E-state index contributed by atoms with van der Waals surface area (Å²) in [6, 6.07) is 37.6. The molecule has 8 nitrogen and oxygen atoms in total. The number of carbonyl (C=O) groups is 1. The molecular weight excluding hydrogens is 660 g/mol. The van der Waals surface area contributed by atoms with Gasteiger partial charge < -0.3 is 20.3 Å². The van der Waals surface area contributed by atoms with Crippen molar-refractivity contribution >= 4 is 27.3 Å². The van der Waals surface area contributed by atoms with Gasteiger partial charge in [0.2, 0.25) is 9.84 Å². The Balaban J connectivity index is 1.30. The minimum atomic E-state index is -3.98. The predicted octanol–water partition coefficient (Wildman–Crippen LogP) is 6.25. The van der Waals surface area contributed by atoms with Crippen LogP contribution in [0.1, 0.15) is 38.7 Å². The maximum absolute atomic E-state index is 13.7. The highest BCUT2D eigenvalue weighted by Crippen LogP contribution is 2.28. The van der Waals surface area contributed by atoms with Gasteiger partial charge in [-0.25, -0.2) is 8.42 Å². The molecule has 5 aromatic carbocycles. The lowest BCUT2D eigenvalue weighted by atomic mass is 10.1. The molecule has 1 amide bonds. The molecule has 5 aromatic rings. The summed E-state index contributed by atoms with van der Waals surface area (Å²) >= 11 is 6.16. The van der Waals surface area contributed by atoms with Crippen LogP contribution >= 0.6 is 11.6 Å². The molecule has 0 saturated heterocycles. The van der Waals surface area contributed by atoms with Gasteiger partial charge >= 0.3 is 0 Å². The van der Waals surface area contributed by atoms with E-state index < -0.39 is 21.8 Å². The fourth-order valence-electron chi connectivity index (χ4n) is 5.38. The minimum Gasteiger partial charge on any atom is -0.488 e. The molecule has 0 unspecified atom stereocenters. The van der Waals surface area contributed by atoms with Crippen molar-refractivity contribution in [3.63, 3.8) is 0 Å². The summed E-state index contributed by atoms with van der Waals surface area (Å²) in [5.74, 6) is -0.320. The van der Waals surface area contributed by atoms with Gasteiger partial charge in [0, 0.05) is 31.2 Å². The number of rotatable bonds is 16. The smallest absolute Gasteiger partial charge is 0.255 e. The summed E-state index contributed by atoms with van der Waals surface area (Å²) in [5, 5.41) is 23.4. The van der Waals surface area contributed by atoms with Crippen LogP contribution in [-0.2, 0) is 29.4 Å². The number of sulfone groups is 1. The van der Waals surface area contributed by atoms with Crippen LogP contribution < -0.4 is 10.1 Å². The lowest BCUT2D eigenvalue weighted by Crippen LogP contribution is -2.30. The first kappa shape index (κ1) is 35.8. The van der Waals surface area contributed by atoms with E-state index in [2.05, 4.69) is 10.2 Å². The molecule has 0 aromatic heterocycles. The van der Waals surface area contributed by atoms with Gasteiger partial charge in [0.25, 0.3) is 5.91 Å². The van der Waals surface area contributed by atoms with Gasteiger partial charge in [0.1, 0.15) is 12.4 Å². The van der Waals surface area contributed by atoms with Crippen molar-refractivity contribution in [1.82, 2.24) is 10.2 Å². The van der Waals surface area contributed by atoms with Gasteiger partial charge in [-0.3, -0.25) is 9.69 Å². The molecule has 0 saturated carbocycles. The molecule has 254 valence electrons. The number of nitrogens with one attached hydrogen (secondary N) is 1. The van der Waals surface area contributed by atoms with Gasteiger partial charge in [0.15, 0.2) is 0 Å². The second-order valence-corrected chi connectivity index (χ2v) is 14.0. The van der Waals surface area contributed by atoms with Crippen LogP contribution in [0.25, 0.3) is 0 Å². The highest BCUT2D eigenvalue weighted by atomic mass is 35.5. The maximum Gasteiger partial charge on any atom is 0.255 e. The fraction of sp³-hybridized carbons (Fsp3) is 0.205. The second kappa shape index (κ2) is 17.2. The van der Waals surface area contributed by atoms with Crippen LogP contribution in [0.4, 0.5) is 0 Å². The molecule has 3 N–H and O–H groups in total. The van der Waals surface area contributed by atoms with Crippen LogP contribution in [0.5, 0.6) is 5.75 Å². The Morgan fingerprint density at radius 1 is 0.796 bits per heavy atom. The van der Waals surface area contributed by atoms with E-state index in [9.17, 15) is 23.4 Å². The monoisotopic (exact) mass is 698 g/mol. The van der Waals surface area contributed by atoms with Crippen molar-refractivity contribution in [1.29, 1.82) is 0 Å². The number of aliphatic hydroxyl groups excluding tert-OH is 2. The van der Waals surface area contributed by atoms with Crippen molar-refractivity contribution in [3.8, 4) is 5.75 Å². The van der Waals surface area contributed by atoms with Crippen LogP contribution in [0.2, 0.25) is 5.02 Å². The number of benzene rings is 5. The average molecular weight is 699 g/mol. The van der Waals surface area contributed by atoms with Gasteiger partial charge in [-0.15, -0.1) is 0 Å². The lowest BCUT2D eigenvalue weighted by molar-refractivity contribution is 0.0940. The zero-order chi connectivity index (χ0) is 34.6. The number of ether oxygens (including phenoxy) is 1. The Labute approximate surface area is 292 Å². The lowest BCUT2D eigenvalue weighted by Gasteiger charge is -2.25. The van der Waals surface area contributed by atoms with Gasteiger partial charge in [-0.2, -0.15) is 0 Å². The van der Waals surface area contributed by atoms with Crippen molar-refractivity contribution in [2.45, 2.75) is 35.5 Å². The van der Waals surface area contributed by atoms with E-state index in [-0.39, 0.29) is 40.9 Å². The molecule has 0 aliphatic heterocycles. The molecule has 0 heterocycles. The molecule has 10 heteroatoms. The second-order valence-electron chi connectivity index (χ2n) is 11.6. The summed E-state index contributed by atoms with van der Waals surface area (Å²) in [6.45, 7) is 1.58. The zero-order valence-corrected chi connectivity index (χ0v) is 28.5. The van der Waals surface area contributed by atoms with E-state index in [1.54, 1.807) is 36.4 Å². The Kier molecular flexibility index (Phi) is 12.6. The molecule has 0 spiro atoms. The summed E-state index contributed by atoms with van der Waals surface area (Å²) in [5.41, 5.74) is 3.73.